The number of anilines is 1. The third-order valence-electron chi connectivity index (χ3n) is 4.92. The van der Waals surface area contributed by atoms with Crippen LogP contribution in [-0.4, -0.2) is 18.9 Å². The smallest absolute Gasteiger partial charge is 0.272 e. The van der Waals surface area contributed by atoms with Crippen molar-refractivity contribution < 1.29 is 14.3 Å². The molecule has 0 radical (unpaired) electrons. The third-order valence-corrected chi connectivity index (χ3v) is 6.26. The first kappa shape index (κ1) is 21.2. The Morgan fingerprint density at radius 3 is 2.03 bits per heavy atom. The average Bonchev–Trinajstić information content (AvgIpc) is 2.98. The van der Waals surface area contributed by atoms with Crippen LogP contribution in [0.15, 0.2) is 76.5 Å². The lowest BCUT2D eigenvalue weighted by Gasteiger charge is -2.16. The number of nitrogens with zero attached hydrogens (tertiary/aromatic N) is 1. The van der Waals surface area contributed by atoms with E-state index in [2.05, 4.69) is 0 Å². The van der Waals surface area contributed by atoms with Gasteiger partial charge in [0.25, 0.3) is 11.8 Å². The summed E-state index contributed by atoms with van der Waals surface area (Å²) in [7, 11) is 1.59. The van der Waals surface area contributed by atoms with Crippen molar-refractivity contribution >= 4 is 46.4 Å². The van der Waals surface area contributed by atoms with Crippen LogP contribution in [0.5, 0.6) is 5.75 Å². The highest BCUT2D eigenvalue weighted by atomic mass is 35.5. The predicted octanol–water partition coefficient (Wildman–Crippen LogP) is 6.04. The van der Waals surface area contributed by atoms with Crippen molar-refractivity contribution in [2.45, 2.75) is 18.7 Å². The van der Waals surface area contributed by atoms with Crippen molar-refractivity contribution in [1.29, 1.82) is 0 Å². The van der Waals surface area contributed by atoms with Crippen molar-refractivity contribution in [3.63, 3.8) is 0 Å². The number of halogens is 1. The summed E-state index contributed by atoms with van der Waals surface area (Å²) in [6.07, 6.45) is 0. The zero-order chi connectivity index (χ0) is 22.1. The van der Waals surface area contributed by atoms with Gasteiger partial charge in [-0.2, -0.15) is 0 Å². The molecule has 0 fully saturated rings. The minimum absolute atomic E-state index is 0.333. The monoisotopic (exact) mass is 449 g/mol. The highest BCUT2D eigenvalue weighted by Gasteiger charge is 2.40. The molecule has 3 aromatic carbocycles. The van der Waals surface area contributed by atoms with E-state index in [1.807, 2.05) is 44.2 Å². The number of ether oxygens (including phenoxy) is 1. The molecule has 31 heavy (non-hydrogen) atoms. The minimum atomic E-state index is -0.336. The van der Waals surface area contributed by atoms with Crippen LogP contribution >= 0.6 is 23.4 Å². The fraction of sp³-hybridized carbons (Fsp3) is 0.120. The third kappa shape index (κ3) is 4.24. The first-order valence-electron chi connectivity index (χ1n) is 9.66. The summed E-state index contributed by atoms with van der Waals surface area (Å²) in [6.45, 7) is 3.89. The maximum absolute atomic E-state index is 13.5. The number of amides is 2. The molecule has 0 atom stereocenters. The molecule has 0 aromatic heterocycles. The van der Waals surface area contributed by atoms with Gasteiger partial charge >= 0.3 is 0 Å². The SMILES string of the molecule is COc1ccc(C2=C(Sc3ccc(Cl)cc3)C(=O)N(c3cc(C)cc(C)c3)C2=O)cc1. The summed E-state index contributed by atoms with van der Waals surface area (Å²) in [5, 5.41) is 0.611. The van der Waals surface area contributed by atoms with E-state index in [0.717, 1.165) is 16.0 Å². The molecule has 6 heteroatoms. The molecule has 0 spiro atoms. The molecule has 4 rings (SSSR count). The Hall–Kier alpha value is -3.02. The molecule has 0 N–H and O–H groups in total. The van der Waals surface area contributed by atoms with E-state index >= 15 is 0 Å². The van der Waals surface area contributed by atoms with Gasteiger partial charge in [0, 0.05) is 9.92 Å². The van der Waals surface area contributed by atoms with Crippen molar-refractivity contribution in [2.24, 2.45) is 0 Å². The van der Waals surface area contributed by atoms with E-state index in [1.165, 1.54) is 16.7 Å². The Labute approximate surface area is 190 Å². The van der Waals surface area contributed by atoms with Gasteiger partial charge in [-0.05, 0) is 79.1 Å². The van der Waals surface area contributed by atoms with Crippen molar-refractivity contribution in [3.05, 3.63) is 93.3 Å². The number of benzene rings is 3. The molecule has 1 aliphatic rings. The van der Waals surface area contributed by atoms with Crippen LogP contribution in [0.2, 0.25) is 5.02 Å². The summed E-state index contributed by atoms with van der Waals surface area (Å²) in [6, 6.07) is 20.1. The molecule has 0 unspecified atom stereocenters. The van der Waals surface area contributed by atoms with Crippen LogP contribution in [0.25, 0.3) is 5.57 Å². The Morgan fingerprint density at radius 1 is 0.839 bits per heavy atom. The molecule has 2 amide bonds. The van der Waals surface area contributed by atoms with Gasteiger partial charge < -0.3 is 4.74 Å². The number of carbonyl (C=O) groups excluding carboxylic acids is 2. The van der Waals surface area contributed by atoms with Gasteiger partial charge in [0.2, 0.25) is 0 Å². The normalized spacial score (nSPS) is 13.9. The zero-order valence-electron chi connectivity index (χ0n) is 17.3. The maximum atomic E-state index is 13.5. The topological polar surface area (TPSA) is 46.6 Å². The lowest BCUT2D eigenvalue weighted by atomic mass is 10.1. The fourth-order valence-electron chi connectivity index (χ4n) is 3.55. The highest BCUT2D eigenvalue weighted by molar-refractivity contribution is 8.04. The van der Waals surface area contributed by atoms with Gasteiger partial charge in [0.1, 0.15) is 5.75 Å². The van der Waals surface area contributed by atoms with E-state index < -0.39 is 0 Å². The largest absolute Gasteiger partial charge is 0.497 e. The standard InChI is InChI=1S/C25H20ClNO3S/c1-15-12-16(2)14-19(13-15)27-24(28)22(17-4-8-20(30-3)9-5-17)23(25(27)29)31-21-10-6-18(26)7-11-21/h4-14H,1-3H3. The number of hydrogen-bond acceptors (Lipinski definition) is 4. The van der Waals surface area contributed by atoms with Crippen LogP contribution in [0.4, 0.5) is 5.69 Å². The Kier molecular flexibility index (Phi) is 5.90. The van der Waals surface area contributed by atoms with Gasteiger partial charge in [-0.15, -0.1) is 0 Å². The summed E-state index contributed by atoms with van der Waals surface area (Å²) in [5.41, 5.74) is 3.60. The average molecular weight is 450 g/mol. The molecule has 3 aromatic rings. The Bertz CT molecular complexity index is 1180. The molecule has 0 saturated heterocycles. The van der Waals surface area contributed by atoms with Crippen LogP contribution in [0.3, 0.4) is 0 Å². The number of rotatable bonds is 5. The number of hydrogen-bond donors (Lipinski definition) is 0. The van der Waals surface area contributed by atoms with Gasteiger partial charge in [-0.1, -0.05) is 41.6 Å². The van der Waals surface area contributed by atoms with Gasteiger partial charge in [-0.3, -0.25) is 9.59 Å². The second kappa shape index (κ2) is 8.61. The summed E-state index contributed by atoms with van der Waals surface area (Å²) < 4.78 is 5.23. The number of aryl methyl sites for hydroxylation is 2. The quantitative estimate of drug-likeness (QED) is 0.445. The van der Waals surface area contributed by atoms with E-state index in [4.69, 9.17) is 16.3 Å². The molecular formula is C25H20ClNO3S. The van der Waals surface area contributed by atoms with Crippen LogP contribution in [0, 0.1) is 13.8 Å². The maximum Gasteiger partial charge on any atom is 0.272 e. The molecule has 0 bridgehead atoms. The summed E-state index contributed by atoms with van der Waals surface area (Å²) >= 11 is 7.27. The molecule has 0 saturated carbocycles. The molecule has 4 nitrogen and oxygen atoms in total. The number of imide groups is 1. The van der Waals surface area contributed by atoms with Crippen molar-refractivity contribution in [3.8, 4) is 5.75 Å². The fourth-order valence-corrected chi connectivity index (χ4v) is 4.67. The Balaban J connectivity index is 1.82. The van der Waals surface area contributed by atoms with Gasteiger partial charge in [0.05, 0.1) is 23.3 Å². The molecule has 1 heterocycles. The van der Waals surface area contributed by atoms with E-state index in [1.54, 1.807) is 43.5 Å². The van der Waals surface area contributed by atoms with E-state index in [-0.39, 0.29) is 11.8 Å². The predicted molar refractivity (Wildman–Crippen MR) is 126 cm³/mol. The molecular weight excluding hydrogens is 430 g/mol. The summed E-state index contributed by atoms with van der Waals surface area (Å²) in [5.74, 6) is 0.0107. The van der Waals surface area contributed by atoms with Crippen LogP contribution in [-0.2, 0) is 9.59 Å². The van der Waals surface area contributed by atoms with Gasteiger partial charge in [-0.25, -0.2) is 4.90 Å². The lowest BCUT2D eigenvalue weighted by Crippen LogP contribution is -2.31. The van der Waals surface area contributed by atoms with E-state index in [0.29, 0.717) is 32.5 Å². The first-order chi connectivity index (χ1) is 14.9. The number of methoxy groups -OCH3 is 1. The summed E-state index contributed by atoms with van der Waals surface area (Å²) in [4.78, 5) is 29.5. The number of thioether (sulfide) groups is 1. The van der Waals surface area contributed by atoms with Crippen molar-refractivity contribution in [2.75, 3.05) is 12.0 Å². The first-order valence-corrected chi connectivity index (χ1v) is 10.9. The second-order valence-corrected chi connectivity index (χ2v) is 8.80. The van der Waals surface area contributed by atoms with E-state index in [9.17, 15) is 9.59 Å². The highest BCUT2D eigenvalue weighted by Crippen LogP contribution is 2.42. The van der Waals surface area contributed by atoms with Gasteiger partial charge in [0.15, 0.2) is 0 Å². The van der Waals surface area contributed by atoms with Crippen LogP contribution in [0.1, 0.15) is 16.7 Å². The molecule has 0 aliphatic carbocycles. The van der Waals surface area contributed by atoms with Crippen LogP contribution < -0.4 is 9.64 Å². The molecule has 156 valence electrons. The molecule has 1 aliphatic heterocycles. The Morgan fingerprint density at radius 2 is 1.45 bits per heavy atom. The lowest BCUT2D eigenvalue weighted by molar-refractivity contribution is -0.119. The zero-order valence-corrected chi connectivity index (χ0v) is 18.9. The van der Waals surface area contributed by atoms with Crippen molar-refractivity contribution in [1.82, 2.24) is 0 Å². The number of carbonyl (C=O) groups is 2. The minimum Gasteiger partial charge on any atom is -0.497 e. The second-order valence-electron chi connectivity index (χ2n) is 7.28.